The summed E-state index contributed by atoms with van der Waals surface area (Å²) in [7, 11) is 3.73. The Labute approximate surface area is 778 Å². The van der Waals surface area contributed by atoms with Crippen molar-refractivity contribution in [3.05, 3.63) is 379 Å². The fraction of sp³-hybridized carbons (Fsp3) is 0.135. The molecule has 0 spiro atoms. The Morgan fingerprint density at radius 3 is 1.14 bits per heavy atom. The van der Waals surface area contributed by atoms with E-state index in [2.05, 4.69) is 85.5 Å². The number of anilines is 1. The zero-order chi connectivity index (χ0) is 90.8. The number of ketones is 1. The quantitative estimate of drug-likeness (QED) is 0.0291. The van der Waals surface area contributed by atoms with E-state index in [1.54, 1.807) is 91.4 Å². The molecule has 0 fully saturated rings. The van der Waals surface area contributed by atoms with E-state index >= 15 is 0 Å². The average Bonchev–Trinajstić information content (AvgIpc) is 1.02. The number of carboxylic acids is 1. The van der Waals surface area contributed by atoms with E-state index in [1.165, 1.54) is 87.9 Å². The summed E-state index contributed by atoms with van der Waals surface area (Å²) in [5, 5.41) is 47.1. The van der Waals surface area contributed by atoms with Crippen molar-refractivity contribution in [1.29, 1.82) is 0 Å². The van der Waals surface area contributed by atoms with Crippen LogP contribution in [0.2, 0.25) is 0 Å². The van der Waals surface area contributed by atoms with Crippen molar-refractivity contribution in [2.24, 2.45) is 10.8 Å². The molecular formula is C89H72F14Ir4N15O6-5. The number of hydrogen-bond acceptors (Lipinski definition) is 17. The molecule has 11 aromatic heterocycles. The third-order valence-electron chi connectivity index (χ3n) is 15.5. The molecule has 0 unspecified atom stereocenters. The standard InChI is InChI=1S/C12H10F2N3.2C12H8F2NO.C11H6F2N.C11H20O2.C9H5F2N2.2C8H5F2N3.C6H5NO2.4Ir/c1-17(2)8-5-6-15-10(7-8)9-3-4-11(13)16-12(9)14;2*13-9-1-2-10(11(14)6-9)12-5-8(7-16)3-4-15-12;12-8-4-5-9(10(13)7-8)11-3-1-2-6-14-11;1-10(2,3)8(12)7-9(13)11(4,5)6;10-7-2-3-9(8(11)6-7)13-5-1-4-12-13;2*9-6-4-7(10)8(11-5-6)13-3-1-2-12-13;8-6(9)5-3-1-2-4-7-5;;;;/h4-7H,1-2H3;2*1,3-6,16H,7H2;1-4,6-7H;7,12H,1-6H3;1-2,4-6H;2*1-5H;1-4H,(H,8,9);;;;/q4*-1;;-1;;;;;;;. The van der Waals surface area contributed by atoms with Crippen molar-refractivity contribution < 1.29 is 172 Å². The van der Waals surface area contributed by atoms with E-state index in [-0.39, 0.29) is 156 Å². The molecule has 4 aromatic carbocycles. The van der Waals surface area contributed by atoms with Crippen LogP contribution in [0.5, 0.6) is 0 Å². The summed E-state index contributed by atoms with van der Waals surface area (Å²) >= 11 is 0. The molecule has 39 heteroatoms. The predicted octanol–water partition coefficient (Wildman–Crippen LogP) is 18.7. The Kier molecular flexibility index (Phi) is 46.4. The number of aliphatic hydroxyl groups excluding tert-OH is 3. The number of pyridine rings is 8. The van der Waals surface area contributed by atoms with Gasteiger partial charge >= 0.3 is 5.97 Å². The maximum Gasteiger partial charge on any atom is 0.354 e. The number of nitrogens with zero attached hydrogens (tertiary/aromatic N) is 15. The van der Waals surface area contributed by atoms with Crippen LogP contribution in [0.4, 0.5) is 67.2 Å². The van der Waals surface area contributed by atoms with E-state index in [0.717, 1.165) is 84.8 Å². The fourth-order valence-electron chi connectivity index (χ4n) is 9.24. The zero-order valence-electron chi connectivity index (χ0n) is 67.9. The van der Waals surface area contributed by atoms with Crippen LogP contribution in [0.3, 0.4) is 0 Å². The third-order valence-corrected chi connectivity index (χ3v) is 15.5. The van der Waals surface area contributed by atoms with E-state index in [4.69, 9.17) is 15.3 Å². The molecule has 4 radical (unpaired) electrons. The number of benzene rings is 4. The molecule has 678 valence electrons. The van der Waals surface area contributed by atoms with Gasteiger partial charge in [0.1, 0.15) is 35.0 Å². The predicted molar refractivity (Wildman–Crippen MR) is 428 cm³/mol. The number of carboxylic acid groups (broad SMARTS) is 1. The summed E-state index contributed by atoms with van der Waals surface area (Å²) in [4.78, 5) is 53.2. The first-order valence-electron chi connectivity index (χ1n) is 36.0. The summed E-state index contributed by atoms with van der Waals surface area (Å²) < 4.78 is 184. The van der Waals surface area contributed by atoms with Gasteiger partial charge in [0.15, 0.2) is 29.1 Å². The van der Waals surface area contributed by atoms with Crippen LogP contribution in [-0.2, 0) is 98.4 Å². The van der Waals surface area contributed by atoms with Gasteiger partial charge < -0.3 is 45.3 Å². The van der Waals surface area contributed by atoms with Gasteiger partial charge in [0, 0.05) is 244 Å². The zero-order valence-corrected chi connectivity index (χ0v) is 77.5. The molecule has 0 aliphatic heterocycles. The second-order valence-electron chi connectivity index (χ2n) is 27.1. The van der Waals surface area contributed by atoms with Crippen LogP contribution in [0.25, 0.3) is 62.4 Å². The molecule has 21 nitrogen and oxygen atoms in total. The minimum atomic E-state index is -0.990. The smallest absolute Gasteiger partial charge is 0.354 e. The summed E-state index contributed by atoms with van der Waals surface area (Å²) in [6.07, 6.45) is 19.8. The Morgan fingerprint density at radius 1 is 0.398 bits per heavy atom. The van der Waals surface area contributed by atoms with Gasteiger partial charge in [0.05, 0.1) is 25.6 Å². The first kappa shape index (κ1) is 110. The number of aromatic carboxylic acids is 1. The summed E-state index contributed by atoms with van der Waals surface area (Å²) in [5.41, 5.74) is 3.44. The first-order chi connectivity index (χ1) is 58.9. The van der Waals surface area contributed by atoms with Gasteiger partial charge in [-0.15, -0.1) is 54.6 Å². The molecule has 0 aliphatic rings. The van der Waals surface area contributed by atoms with E-state index < -0.39 is 93.1 Å². The number of carbonyl (C=O) groups is 2. The third kappa shape index (κ3) is 35.5. The fourth-order valence-corrected chi connectivity index (χ4v) is 9.24. The van der Waals surface area contributed by atoms with Crippen LogP contribution in [-0.4, -0.2) is 115 Å². The van der Waals surface area contributed by atoms with Gasteiger partial charge in [-0.2, -0.15) is 21.4 Å². The maximum absolute atomic E-state index is 13.4. The number of aliphatic hydroxyl groups is 3. The molecule has 0 bridgehead atoms. The van der Waals surface area contributed by atoms with Gasteiger partial charge in [0.2, 0.25) is 0 Å². The van der Waals surface area contributed by atoms with Gasteiger partial charge in [0.25, 0.3) is 0 Å². The topological polar surface area (TPSA) is 275 Å². The molecule has 0 saturated carbocycles. The average molecular weight is 2480 g/mol. The van der Waals surface area contributed by atoms with Crippen molar-refractivity contribution in [2.45, 2.75) is 54.8 Å². The number of halogens is 14. The van der Waals surface area contributed by atoms with Crippen molar-refractivity contribution in [3.8, 4) is 62.4 Å². The van der Waals surface area contributed by atoms with Crippen LogP contribution in [0.1, 0.15) is 63.2 Å². The summed E-state index contributed by atoms with van der Waals surface area (Å²) in [6, 6.07) is 46.9. The Hall–Kier alpha value is -12.3. The van der Waals surface area contributed by atoms with Crippen molar-refractivity contribution >= 4 is 17.4 Å². The normalized spacial score (nSPS) is 10.3. The van der Waals surface area contributed by atoms with Gasteiger partial charge in [-0.25, -0.2) is 55.5 Å². The Morgan fingerprint density at radius 2 is 0.789 bits per heavy atom. The van der Waals surface area contributed by atoms with Gasteiger partial charge in [-0.3, -0.25) is 49.6 Å². The van der Waals surface area contributed by atoms with Crippen LogP contribution in [0, 0.1) is 123 Å². The molecule has 0 saturated heterocycles. The second kappa shape index (κ2) is 54.0. The van der Waals surface area contributed by atoms with Crippen LogP contribution >= 0.6 is 0 Å². The minimum Gasteiger partial charge on any atom is -0.512 e. The number of aromatic nitrogens is 14. The number of rotatable bonds is 12. The monoisotopic (exact) mass is 2480 g/mol. The minimum absolute atomic E-state index is 0. The molecule has 0 aliphatic carbocycles. The molecule has 15 aromatic rings. The number of carbonyl (C=O) groups excluding carboxylic acids is 1. The maximum atomic E-state index is 13.4. The molecule has 0 amide bonds. The second-order valence-corrected chi connectivity index (χ2v) is 27.1. The number of hydrogen-bond donors (Lipinski definition) is 4. The SMILES string of the molecule is CC(C)(C)C(=O)C=C(O)C(C)(C)C.CN(C)c1ccnc(-c2[c-]cc(F)nc2F)c1.Fc1c[c-]c(-c2ccccn2)c(F)c1.Fc1c[c-]c(-n2cccn2)c(F)c1.Fc1cnc(-n2cccn2)c(F)c1.Fc1cnc(-n2cccn2)c(F)c1.O=C(O)c1ccccn1.OCc1ccnc(-c2[c-]cc(F)cc2F)c1.OCc1ccnc(-c2[c-]cc(F)cc2F)c1.[Ir].[Ir].[Ir].[Ir]. The molecule has 11 heterocycles. The Balaban J connectivity index is 0.000000371. The van der Waals surface area contributed by atoms with Crippen molar-refractivity contribution in [1.82, 2.24) is 69.2 Å². The van der Waals surface area contributed by atoms with E-state index in [0.29, 0.717) is 33.9 Å². The van der Waals surface area contributed by atoms with Gasteiger partial charge in [-0.1, -0.05) is 124 Å². The first-order valence-corrected chi connectivity index (χ1v) is 36.0. The van der Waals surface area contributed by atoms with Crippen LogP contribution in [0.15, 0.2) is 250 Å². The molecule has 4 N–H and O–H groups in total. The number of allylic oxidation sites excluding steroid dienone is 2. The van der Waals surface area contributed by atoms with Crippen LogP contribution < -0.4 is 4.90 Å². The Bertz CT molecular complexity index is 5690. The molecular weight excluding hydrogens is 2410 g/mol. The molecule has 0 atom stereocenters. The van der Waals surface area contributed by atoms with Crippen molar-refractivity contribution in [3.63, 3.8) is 0 Å². The van der Waals surface area contributed by atoms with Gasteiger partial charge in [-0.05, 0) is 94.2 Å². The molecule has 15 rings (SSSR count). The van der Waals surface area contributed by atoms with E-state index in [9.17, 15) is 76.2 Å². The summed E-state index contributed by atoms with van der Waals surface area (Å²) in [6.45, 7) is 10.8. The summed E-state index contributed by atoms with van der Waals surface area (Å²) in [5.74, 6) is -11.0. The molecule has 128 heavy (non-hydrogen) atoms. The largest absolute Gasteiger partial charge is 0.512 e. The van der Waals surface area contributed by atoms with Crippen molar-refractivity contribution in [2.75, 3.05) is 19.0 Å². The van der Waals surface area contributed by atoms with E-state index in [1.807, 2.05) is 60.5 Å².